The molecular formula is C7H4Cl2FNO. The molecular weight excluding hydrogens is 204 g/mol. The Labute approximate surface area is 78.2 Å². The molecule has 64 valence electrons. The molecule has 1 N–H and O–H groups in total. The fourth-order valence-electron chi connectivity index (χ4n) is 0.717. The first-order chi connectivity index (χ1) is 5.66. The van der Waals surface area contributed by atoms with Crippen LogP contribution in [0.25, 0.3) is 0 Å². The third kappa shape index (κ3) is 1.68. The minimum absolute atomic E-state index is 0.0216. The second-order valence-corrected chi connectivity index (χ2v) is 2.76. The minimum atomic E-state index is -0.693. The average molecular weight is 208 g/mol. The van der Waals surface area contributed by atoms with Crippen LogP contribution in [0, 0.1) is 5.82 Å². The van der Waals surface area contributed by atoms with Gasteiger partial charge in [-0.05, 0) is 12.1 Å². The Balaban J connectivity index is 3.26. The van der Waals surface area contributed by atoms with Crippen molar-refractivity contribution in [3.05, 3.63) is 34.6 Å². The number of oxime groups is 1. The molecule has 0 saturated carbocycles. The Kier molecular flexibility index (Phi) is 2.89. The van der Waals surface area contributed by atoms with Crippen LogP contribution in [0.3, 0.4) is 0 Å². The first-order valence-electron chi connectivity index (χ1n) is 2.98. The number of benzene rings is 1. The highest BCUT2D eigenvalue weighted by Crippen LogP contribution is 2.19. The predicted octanol–water partition coefficient (Wildman–Crippen LogP) is 2.85. The van der Waals surface area contributed by atoms with Gasteiger partial charge in [-0.1, -0.05) is 34.4 Å². The number of hydrogen-bond acceptors (Lipinski definition) is 2. The highest BCUT2D eigenvalue weighted by molar-refractivity contribution is 6.69. The van der Waals surface area contributed by atoms with E-state index >= 15 is 0 Å². The van der Waals surface area contributed by atoms with Crippen molar-refractivity contribution in [3.8, 4) is 0 Å². The summed E-state index contributed by atoms with van der Waals surface area (Å²) in [5, 5.41) is 10.5. The van der Waals surface area contributed by atoms with E-state index in [4.69, 9.17) is 28.4 Å². The summed E-state index contributed by atoms with van der Waals surface area (Å²) in [7, 11) is 0. The molecule has 5 heteroatoms. The Morgan fingerprint density at radius 2 is 2.17 bits per heavy atom. The van der Waals surface area contributed by atoms with Crippen molar-refractivity contribution < 1.29 is 9.60 Å². The molecule has 0 aliphatic rings. The van der Waals surface area contributed by atoms with Crippen molar-refractivity contribution in [3.63, 3.8) is 0 Å². The molecule has 0 atom stereocenters. The van der Waals surface area contributed by atoms with E-state index in [0.29, 0.717) is 0 Å². The maximum atomic E-state index is 13.0. The van der Waals surface area contributed by atoms with Gasteiger partial charge in [0.2, 0.25) is 0 Å². The molecule has 0 fully saturated rings. The lowest BCUT2D eigenvalue weighted by Crippen LogP contribution is -1.95. The third-order valence-corrected chi connectivity index (χ3v) is 1.83. The summed E-state index contributed by atoms with van der Waals surface area (Å²) in [6, 6.07) is 4.25. The van der Waals surface area contributed by atoms with E-state index < -0.39 is 5.82 Å². The van der Waals surface area contributed by atoms with Gasteiger partial charge in [0.05, 0.1) is 10.6 Å². The number of halogens is 3. The molecule has 0 saturated heterocycles. The monoisotopic (exact) mass is 207 g/mol. The zero-order chi connectivity index (χ0) is 9.14. The van der Waals surface area contributed by atoms with Crippen LogP contribution >= 0.6 is 23.2 Å². The molecule has 0 bridgehead atoms. The van der Waals surface area contributed by atoms with Gasteiger partial charge in [0.1, 0.15) is 0 Å². The topological polar surface area (TPSA) is 32.6 Å². The normalized spacial score (nSPS) is 11.8. The second kappa shape index (κ2) is 3.74. The summed E-state index contributed by atoms with van der Waals surface area (Å²) in [6.07, 6.45) is 0. The number of nitrogens with zero attached hydrogens (tertiary/aromatic N) is 1. The second-order valence-electron chi connectivity index (χ2n) is 1.99. The van der Waals surface area contributed by atoms with E-state index in [2.05, 4.69) is 5.16 Å². The lowest BCUT2D eigenvalue weighted by atomic mass is 10.2. The van der Waals surface area contributed by atoms with Crippen LogP contribution in [0.5, 0.6) is 0 Å². The van der Waals surface area contributed by atoms with Gasteiger partial charge in [-0.3, -0.25) is 0 Å². The van der Waals surface area contributed by atoms with Crippen molar-refractivity contribution in [2.45, 2.75) is 0 Å². The van der Waals surface area contributed by atoms with Crippen LogP contribution in [0.15, 0.2) is 23.4 Å². The largest absolute Gasteiger partial charge is 0.410 e. The van der Waals surface area contributed by atoms with Gasteiger partial charge in [0.25, 0.3) is 0 Å². The van der Waals surface area contributed by atoms with Crippen molar-refractivity contribution in [1.29, 1.82) is 0 Å². The van der Waals surface area contributed by atoms with Crippen molar-refractivity contribution >= 4 is 28.4 Å². The molecule has 0 aliphatic heterocycles. The van der Waals surface area contributed by atoms with Crippen LogP contribution in [-0.4, -0.2) is 10.4 Å². The van der Waals surface area contributed by atoms with Gasteiger partial charge >= 0.3 is 0 Å². The Bertz CT molecular complexity index is 327. The van der Waals surface area contributed by atoms with E-state index in [1.807, 2.05) is 0 Å². The molecule has 12 heavy (non-hydrogen) atoms. The third-order valence-electron chi connectivity index (χ3n) is 1.26. The number of hydrogen-bond donors (Lipinski definition) is 1. The van der Waals surface area contributed by atoms with E-state index in [0.717, 1.165) is 0 Å². The van der Waals surface area contributed by atoms with Gasteiger partial charge in [-0.25, -0.2) is 4.39 Å². The number of rotatable bonds is 1. The van der Waals surface area contributed by atoms with E-state index in [-0.39, 0.29) is 15.8 Å². The molecule has 0 unspecified atom stereocenters. The summed E-state index contributed by atoms with van der Waals surface area (Å²) in [5.74, 6) is -0.693. The smallest absolute Gasteiger partial charge is 0.178 e. The summed E-state index contributed by atoms with van der Waals surface area (Å²) in [6.45, 7) is 0. The van der Waals surface area contributed by atoms with Crippen LogP contribution in [0.2, 0.25) is 5.02 Å². The van der Waals surface area contributed by atoms with E-state index in [1.54, 1.807) is 0 Å². The maximum Gasteiger partial charge on any atom is 0.178 e. The summed E-state index contributed by atoms with van der Waals surface area (Å²) in [5.41, 5.74) is -0.0216. The Morgan fingerprint density at radius 1 is 1.50 bits per heavy atom. The van der Waals surface area contributed by atoms with Gasteiger partial charge in [0.15, 0.2) is 11.0 Å². The fraction of sp³-hybridized carbons (Fsp3) is 0. The standard InChI is InChI=1S/C7H4Cl2FNO/c8-5-3-1-2-4(6(5)10)7(9)11-12/h1-3,12H. The van der Waals surface area contributed by atoms with Gasteiger partial charge in [0, 0.05) is 0 Å². The first kappa shape index (κ1) is 9.29. The molecule has 0 radical (unpaired) electrons. The summed E-state index contributed by atoms with van der Waals surface area (Å²) >= 11 is 10.8. The molecule has 0 heterocycles. The molecule has 0 aromatic heterocycles. The highest BCUT2D eigenvalue weighted by Gasteiger charge is 2.09. The van der Waals surface area contributed by atoms with Crippen molar-refractivity contribution in [2.75, 3.05) is 0 Å². The molecule has 1 rings (SSSR count). The molecule has 0 amide bonds. The molecule has 0 aliphatic carbocycles. The van der Waals surface area contributed by atoms with E-state index in [1.165, 1.54) is 18.2 Å². The van der Waals surface area contributed by atoms with Crippen LogP contribution < -0.4 is 0 Å². The Hall–Kier alpha value is -0.800. The maximum absolute atomic E-state index is 13.0. The van der Waals surface area contributed by atoms with Gasteiger partial charge < -0.3 is 5.21 Å². The van der Waals surface area contributed by atoms with Crippen LogP contribution in [0.4, 0.5) is 4.39 Å². The SMILES string of the molecule is ON=C(Cl)c1cccc(Cl)c1F. The van der Waals surface area contributed by atoms with Crippen molar-refractivity contribution in [1.82, 2.24) is 0 Å². The molecule has 1 aromatic carbocycles. The van der Waals surface area contributed by atoms with Crippen LogP contribution in [-0.2, 0) is 0 Å². The predicted molar refractivity (Wildman–Crippen MR) is 45.6 cm³/mol. The van der Waals surface area contributed by atoms with Gasteiger partial charge in [-0.2, -0.15) is 0 Å². The first-order valence-corrected chi connectivity index (χ1v) is 3.74. The molecule has 0 spiro atoms. The summed E-state index contributed by atoms with van der Waals surface area (Å²) < 4.78 is 13.0. The zero-order valence-corrected chi connectivity index (χ0v) is 7.27. The minimum Gasteiger partial charge on any atom is -0.410 e. The molecule has 1 aromatic rings. The highest BCUT2D eigenvalue weighted by atomic mass is 35.5. The summed E-state index contributed by atoms with van der Waals surface area (Å²) in [4.78, 5) is 0. The van der Waals surface area contributed by atoms with E-state index in [9.17, 15) is 4.39 Å². The average Bonchev–Trinajstić information content (AvgIpc) is 2.08. The molecule has 2 nitrogen and oxygen atoms in total. The lowest BCUT2D eigenvalue weighted by molar-refractivity contribution is 0.320. The van der Waals surface area contributed by atoms with Crippen molar-refractivity contribution in [2.24, 2.45) is 5.16 Å². The quantitative estimate of drug-likeness (QED) is 0.429. The van der Waals surface area contributed by atoms with Crippen LogP contribution in [0.1, 0.15) is 5.56 Å². The zero-order valence-electron chi connectivity index (χ0n) is 5.76. The lowest BCUT2D eigenvalue weighted by Gasteiger charge is -1.99. The fourth-order valence-corrected chi connectivity index (χ4v) is 1.04. The van der Waals surface area contributed by atoms with Gasteiger partial charge in [-0.15, -0.1) is 0 Å². The Morgan fingerprint density at radius 3 is 2.75 bits per heavy atom.